The molecule has 3 heterocycles. The number of nitrogens with one attached hydrogen (secondary N) is 1. The van der Waals surface area contributed by atoms with Gasteiger partial charge < -0.3 is 9.88 Å². The number of carbonyl (C=O) groups is 1. The number of amides is 1. The lowest BCUT2D eigenvalue weighted by Crippen LogP contribution is -2.45. The highest BCUT2D eigenvalue weighted by Crippen LogP contribution is 2.10. The first-order chi connectivity index (χ1) is 14.1. The number of hydrogen-bond donors (Lipinski definition) is 1. The number of benzene rings is 1. The number of fused-ring (bicyclic) bond motifs is 1. The number of carbonyl (C=O) groups excluding carboxylic acids is 1. The molecule has 0 atom stereocenters. The van der Waals surface area contributed by atoms with E-state index in [1.54, 1.807) is 10.9 Å². The van der Waals surface area contributed by atoms with Crippen molar-refractivity contribution in [2.24, 2.45) is 4.99 Å². The van der Waals surface area contributed by atoms with E-state index < -0.39 is 17.2 Å². The number of aliphatic imine (C=N–C) groups is 1. The third-order valence-electron chi connectivity index (χ3n) is 4.64. The third-order valence-corrected chi connectivity index (χ3v) is 5.53. The topological polar surface area (TPSA) is 103 Å². The van der Waals surface area contributed by atoms with Crippen LogP contribution in [0.1, 0.15) is 12.5 Å². The van der Waals surface area contributed by atoms with Crippen molar-refractivity contribution in [2.75, 3.05) is 12.3 Å². The van der Waals surface area contributed by atoms with Crippen molar-refractivity contribution in [1.29, 1.82) is 0 Å². The van der Waals surface area contributed by atoms with Crippen LogP contribution in [0.4, 0.5) is 0 Å². The summed E-state index contributed by atoms with van der Waals surface area (Å²) >= 11 is 1.44. The first-order valence-corrected chi connectivity index (χ1v) is 10.3. The second kappa shape index (κ2) is 8.08. The Kier molecular flexibility index (Phi) is 5.34. The molecule has 150 valence electrons. The molecule has 1 aromatic carbocycles. The van der Waals surface area contributed by atoms with Crippen molar-refractivity contribution < 1.29 is 4.79 Å². The fourth-order valence-corrected chi connectivity index (χ4v) is 3.98. The molecule has 2 aromatic heterocycles. The van der Waals surface area contributed by atoms with Crippen molar-refractivity contribution in [3.63, 3.8) is 0 Å². The summed E-state index contributed by atoms with van der Waals surface area (Å²) in [5, 5.41) is 3.19. The van der Waals surface area contributed by atoms with Gasteiger partial charge in [0, 0.05) is 12.3 Å². The number of nitrogens with zero attached hydrogens (tertiary/aromatic N) is 5. The average molecular weight is 412 g/mol. The first kappa shape index (κ1) is 19.2. The van der Waals surface area contributed by atoms with Gasteiger partial charge in [0.2, 0.25) is 5.91 Å². The van der Waals surface area contributed by atoms with E-state index in [0.29, 0.717) is 29.4 Å². The number of imidazole rings is 1. The summed E-state index contributed by atoms with van der Waals surface area (Å²) in [5.41, 5.74) is 0.434. The molecule has 10 heteroatoms. The van der Waals surface area contributed by atoms with Gasteiger partial charge in [-0.3, -0.25) is 19.1 Å². The van der Waals surface area contributed by atoms with Gasteiger partial charge in [-0.15, -0.1) is 0 Å². The highest BCUT2D eigenvalue weighted by atomic mass is 32.2. The monoisotopic (exact) mass is 412 g/mol. The highest BCUT2D eigenvalue weighted by molar-refractivity contribution is 8.14. The molecule has 1 aliphatic heterocycles. The van der Waals surface area contributed by atoms with E-state index in [1.807, 2.05) is 37.3 Å². The Balaban J connectivity index is 1.79. The van der Waals surface area contributed by atoms with Crippen LogP contribution in [0.2, 0.25) is 0 Å². The van der Waals surface area contributed by atoms with Crippen LogP contribution in [0.5, 0.6) is 0 Å². The predicted octanol–water partition coefficient (Wildman–Crippen LogP) is 0.647. The Morgan fingerprint density at radius 1 is 1.21 bits per heavy atom. The average Bonchev–Trinajstić information content (AvgIpc) is 3.39. The molecule has 0 spiro atoms. The molecular formula is C19H20N6O3S. The number of thioether (sulfide) groups is 1. The summed E-state index contributed by atoms with van der Waals surface area (Å²) in [6.45, 7) is 2.93. The maximum absolute atomic E-state index is 13.1. The summed E-state index contributed by atoms with van der Waals surface area (Å²) in [5.74, 6) is 0.353. The van der Waals surface area contributed by atoms with Gasteiger partial charge in [-0.1, -0.05) is 42.1 Å². The largest absolute Gasteiger partial charge is 0.333 e. The Labute approximate surface area is 170 Å². The SMILES string of the molecule is CCn1cnc2c1c(=O)n(CC(=O)NC1=NCCS1)c(=O)n2Cc1ccccc1. The van der Waals surface area contributed by atoms with Gasteiger partial charge in [0.1, 0.15) is 6.54 Å². The molecule has 1 amide bonds. The van der Waals surface area contributed by atoms with Gasteiger partial charge in [-0.2, -0.15) is 0 Å². The minimum Gasteiger partial charge on any atom is -0.325 e. The quantitative estimate of drug-likeness (QED) is 0.663. The number of amidine groups is 1. The van der Waals surface area contributed by atoms with E-state index in [0.717, 1.165) is 15.9 Å². The Hall–Kier alpha value is -3.14. The van der Waals surface area contributed by atoms with Crippen LogP contribution in [-0.4, -0.2) is 42.1 Å². The smallest absolute Gasteiger partial charge is 0.325 e. The molecule has 0 radical (unpaired) electrons. The van der Waals surface area contributed by atoms with Crippen LogP contribution in [-0.2, 0) is 24.4 Å². The fourth-order valence-electron chi connectivity index (χ4n) is 3.24. The van der Waals surface area contributed by atoms with Crippen LogP contribution >= 0.6 is 11.8 Å². The molecular weight excluding hydrogens is 392 g/mol. The van der Waals surface area contributed by atoms with Gasteiger partial charge in [-0.25, -0.2) is 14.3 Å². The predicted molar refractivity (Wildman–Crippen MR) is 112 cm³/mol. The molecule has 0 bridgehead atoms. The van der Waals surface area contributed by atoms with Gasteiger partial charge in [0.25, 0.3) is 5.56 Å². The molecule has 9 nitrogen and oxygen atoms in total. The Morgan fingerprint density at radius 3 is 2.69 bits per heavy atom. The summed E-state index contributed by atoms with van der Waals surface area (Å²) < 4.78 is 4.09. The van der Waals surface area contributed by atoms with E-state index in [9.17, 15) is 14.4 Å². The van der Waals surface area contributed by atoms with Crippen molar-refractivity contribution in [3.05, 3.63) is 63.1 Å². The van der Waals surface area contributed by atoms with Gasteiger partial charge >= 0.3 is 5.69 Å². The van der Waals surface area contributed by atoms with Crippen LogP contribution in [0.25, 0.3) is 11.2 Å². The van der Waals surface area contributed by atoms with Crippen molar-refractivity contribution in [2.45, 2.75) is 26.6 Å². The molecule has 0 saturated carbocycles. The zero-order chi connectivity index (χ0) is 20.4. The maximum atomic E-state index is 13.1. The number of hydrogen-bond acceptors (Lipinski definition) is 6. The lowest BCUT2D eigenvalue weighted by molar-refractivity contribution is -0.120. The molecule has 4 rings (SSSR count). The summed E-state index contributed by atoms with van der Waals surface area (Å²) in [4.78, 5) is 47.1. The molecule has 1 N–H and O–H groups in total. The van der Waals surface area contributed by atoms with Gasteiger partial charge in [-0.05, 0) is 12.5 Å². The maximum Gasteiger partial charge on any atom is 0.333 e. The van der Waals surface area contributed by atoms with Gasteiger partial charge in [0.15, 0.2) is 16.3 Å². The summed E-state index contributed by atoms with van der Waals surface area (Å²) in [7, 11) is 0. The zero-order valence-corrected chi connectivity index (χ0v) is 16.7. The van der Waals surface area contributed by atoms with E-state index in [-0.39, 0.29) is 13.1 Å². The lowest BCUT2D eigenvalue weighted by Gasteiger charge is -2.12. The second-order valence-electron chi connectivity index (χ2n) is 6.53. The Morgan fingerprint density at radius 2 is 2.00 bits per heavy atom. The van der Waals surface area contributed by atoms with Crippen molar-refractivity contribution in [3.8, 4) is 0 Å². The molecule has 0 fully saturated rings. The Bertz CT molecular complexity index is 1210. The van der Waals surface area contributed by atoms with E-state index in [1.165, 1.54) is 16.3 Å². The minimum absolute atomic E-state index is 0.251. The molecule has 0 saturated heterocycles. The lowest BCUT2D eigenvalue weighted by atomic mass is 10.2. The molecule has 0 unspecified atom stereocenters. The summed E-state index contributed by atoms with van der Waals surface area (Å²) in [6.07, 6.45) is 1.54. The molecule has 1 aliphatic rings. The summed E-state index contributed by atoms with van der Waals surface area (Å²) in [6, 6.07) is 9.44. The van der Waals surface area contributed by atoms with Crippen LogP contribution in [0, 0.1) is 0 Å². The van der Waals surface area contributed by atoms with Crippen LogP contribution in [0.15, 0.2) is 51.2 Å². The number of aryl methyl sites for hydroxylation is 1. The molecule has 0 aliphatic carbocycles. The number of aromatic nitrogens is 4. The standard InChI is InChI=1S/C19H20N6O3S/c1-2-23-12-21-16-15(23)17(27)25(11-14(26)22-18-20-8-9-29-18)19(28)24(16)10-13-6-4-3-5-7-13/h3-7,12H,2,8-11H2,1H3,(H,20,22,26). The zero-order valence-electron chi connectivity index (χ0n) is 15.9. The van der Waals surface area contributed by atoms with E-state index in [2.05, 4.69) is 15.3 Å². The van der Waals surface area contributed by atoms with E-state index >= 15 is 0 Å². The normalized spacial score (nSPS) is 13.6. The second-order valence-corrected chi connectivity index (χ2v) is 7.62. The first-order valence-electron chi connectivity index (χ1n) is 9.28. The fraction of sp³-hybridized carbons (Fsp3) is 0.316. The van der Waals surface area contributed by atoms with Crippen LogP contribution in [0.3, 0.4) is 0 Å². The molecule has 29 heavy (non-hydrogen) atoms. The third kappa shape index (κ3) is 3.75. The van der Waals surface area contributed by atoms with Crippen molar-refractivity contribution >= 4 is 34.0 Å². The number of rotatable bonds is 5. The van der Waals surface area contributed by atoms with Crippen molar-refractivity contribution in [1.82, 2.24) is 24.0 Å². The van der Waals surface area contributed by atoms with Crippen LogP contribution < -0.4 is 16.6 Å². The minimum atomic E-state index is -0.566. The van der Waals surface area contributed by atoms with Gasteiger partial charge in [0.05, 0.1) is 19.4 Å². The molecule has 3 aromatic rings. The van der Waals surface area contributed by atoms with E-state index in [4.69, 9.17) is 0 Å². The highest BCUT2D eigenvalue weighted by Gasteiger charge is 2.20.